The van der Waals surface area contributed by atoms with Gasteiger partial charge in [-0.05, 0) is 42.8 Å². The first-order valence-electron chi connectivity index (χ1n) is 10.0. The van der Waals surface area contributed by atoms with Gasteiger partial charge in [-0.2, -0.15) is 0 Å². The Morgan fingerprint density at radius 1 is 1.16 bits per heavy atom. The standard InChI is InChI=1S/C24H24N6O/c1-3-27-22-18(13-21(25)30-23(22)26-2)20-12-17-11-16(9-10-19(17)29-20)24(31)28-14-15-7-5-4-6-8-15/h3-13,29H,14H2,1-2H3,(H,28,31)(H3,25,26,30). The number of nitrogens with two attached hydrogens (primary N) is 1. The quantitative estimate of drug-likeness (QED) is 0.350. The molecule has 0 saturated carbocycles. The zero-order chi connectivity index (χ0) is 21.8. The van der Waals surface area contributed by atoms with E-state index in [0.717, 1.165) is 27.7 Å². The van der Waals surface area contributed by atoms with Gasteiger partial charge in [-0.1, -0.05) is 30.3 Å². The maximum atomic E-state index is 12.6. The van der Waals surface area contributed by atoms with Gasteiger partial charge >= 0.3 is 0 Å². The molecule has 0 unspecified atom stereocenters. The fourth-order valence-corrected chi connectivity index (χ4v) is 3.50. The number of pyridine rings is 1. The van der Waals surface area contributed by atoms with Gasteiger partial charge in [-0.3, -0.25) is 9.79 Å². The van der Waals surface area contributed by atoms with Gasteiger partial charge in [0.15, 0.2) is 5.82 Å². The van der Waals surface area contributed by atoms with Gasteiger partial charge in [0.05, 0.1) is 0 Å². The van der Waals surface area contributed by atoms with Gasteiger partial charge in [-0.15, -0.1) is 0 Å². The Labute approximate surface area is 180 Å². The average Bonchev–Trinajstić information content (AvgIpc) is 3.22. The number of benzene rings is 2. The van der Waals surface area contributed by atoms with Gasteiger partial charge in [0.25, 0.3) is 5.91 Å². The van der Waals surface area contributed by atoms with Crippen LogP contribution in [0.15, 0.2) is 65.7 Å². The zero-order valence-corrected chi connectivity index (χ0v) is 17.4. The molecular formula is C24H24N6O. The summed E-state index contributed by atoms with van der Waals surface area (Å²) in [4.78, 5) is 24.8. The lowest BCUT2D eigenvalue weighted by Crippen LogP contribution is -2.22. The number of hydrogen-bond donors (Lipinski definition) is 4. The van der Waals surface area contributed by atoms with Gasteiger partial charge in [0.2, 0.25) is 0 Å². The Morgan fingerprint density at radius 2 is 1.97 bits per heavy atom. The predicted octanol–water partition coefficient (Wildman–Crippen LogP) is 4.51. The van der Waals surface area contributed by atoms with Crippen LogP contribution in [0.2, 0.25) is 0 Å². The van der Waals surface area contributed by atoms with Crippen molar-refractivity contribution in [3.8, 4) is 11.3 Å². The van der Waals surface area contributed by atoms with Gasteiger partial charge in [0.1, 0.15) is 11.5 Å². The van der Waals surface area contributed by atoms with Crippen LogP contribution in [0.4, 0.5) is 17.3 Å². The first kappa shape index (κ1) is 20.2. The SMILES string of the molecule is CC=Nc1c(-c2cc3cc(C(=O)NCc4ccccc4)ccc3[nH]2)cc(N)nc1NC. The Balaban J connectivity index is 1.65. The molecular weight excluding hydrogens is 388 g/mol. The van der Waals surface area contributed by atoms with Crippen LogP contribution >= 0.6 is 0 Å². The van der Waals surface area contributed by atoms with Crippen molar-refractivity contribution in [2.45, 2.75) is 13.5 Å². The number of carbonyl (C=O) groups is 1. The normalized spacial score (nSPS) is 11.2. The molecule has 0 aliphatic carbocycles. The first-order valence-corrected chi connectivity index (χ1v) is 10.0. The summed E-state index contributed by atoms with van der Waals surface area (Å²) in [6, 6.07) is 19.2. The van der Waals surface area contributed by atoms with Crippen LogP contribution in [0, 0.1) is 0 Å². The van der Waals surface area contributed by atoms with Crippen LogP contribution in [-0.2, 0) is 6.54 Å². The van der Waals surface area contributed by atoms with E-state index in [-0.39, 0.29) is 5.91 Å². The molecule has 0 bridgehead atoms. The summed E-state index contributed by atoms with van der Waals surface area (Å²) in [5, 5.41) is 6.94. The summed E-state index contributed by atoms with van der Waals surface area (Å²) in [5.41, 5.74) is 11.0. The Hall–Kier alpha value is -4.13. The average molecular weight is 412 g/mol. The number of anilines is 2. The minimum Gasteiger partial charge on any atom is -0.384 e. The van der Waals surface area contributed by atoms with Crippen molar-refractivity contribution in [1.29, 1.82) is 0 Å². The number of rotatable bonds is 6. The minimum absolute atomic E-state index is 0.115. The fourth-order valence-electron chi connectivity index (χ4n) is 3.50. The molecule has 0 atom stereocenters. The van der Waals surface area contributed by atoms with E-state index in [0.29, 0.717) is 29.4 Å². The first-order chi connectivity index (χ1) is 15.1. The number of H-pyrrole nitrogens is 1. The van der Waals surface area contributed by atoms with E-state index in [2.05, 4.69) is 25.6 Å². The van der Waals surface area contributed by atoms with Crippen molar-refractivity contribution in [2.24, 2.45) is 4.99 Å². The molecule has 156 valence electrons. The molecule has 4 aromatic rings. The lowest BCUT2D eigenvalue weighted by molar-refractivity contribution is 0.0951. The number of aromatic amines is 1. The van der Waals surface area contributed by atoms with Crippen molar-refractivity contribution in [3.63, 3.8) is 0 Å². The summed E-state index contributed by atoms with van der Waals surface area (Å²) >= 11 is 0. The molecule has 2 heterocycles. The van der Waals surface area contributed by atoms with Crippen molar-refractivity contribution in [3.05, 3.63) is 71.8 Å². The minimum atomic E-state index is -0.115. The summed E-state index contributed by atoms with van der Waals surface area (Å²) in [6.07, 6.45) is 1.72. The number of nitrogens with zero attached hydrogens (tertiary/aromatic N) is 2. The lowest BCUT2D eigenvalue weighted by atomic mass is 10.1. The predicted molar refractivity (Wildman–Crippen MR) is 127 cm³/mol. The van der Waals surface area contributed by atoms with E-state index >= 15 is 0 Å². The third-order valence-electron chi connectivity index (χ3n) is 4.98. The molecule has 0 aliphatic heterocycles. The second-order valence-corrected chi connectivity index (χ2v) is 7.08. The number of aromatic nitrogens is 2. The van der Waals surface area contributed by atoms with E-state index < -0.39 is 0 Å². The van der Waals surface area contributed by atoms with E-state index in [4.69, 9.17) is 5.73 Å². The largest absolute Gasteiger partial charge is 0.384 e. The Morgan fingerprint density at radius 3 is 2.71 bits per heavy atom. The summed E-state index contributed by atoms with van der Waals surface area (Å²) in [7, 11) is 1.78. The monoisotopic (exact) mass is 412 g/mol. The van der Waals surface area contributed by atoms with Crippen LogP contribution in [0.1, 0.15) is 22.8 Å². The Bertz CT molecular complexity index is 1260. The van der Waals surface area contributed by atoms with Crippen LogP contribution < -0.4 is 16.4 Å². The smallest absolute Gasteiger partial charge is 0.251 e. The molecule has 4 rings (SSSR count). The number of amides is 1. The molecule has 2 aromatic heterocycles. The number of fused-ring (bicyclic) bond motifs is 1. The second kappa shape index (κ2) is 8.71. The summed E-state index contributed by atoms with van der Waals surface area (Å²) in [5.74, 6) is 0.886. The number of hydrogen-bond acceptors (Lipinski definition) is 5. The van der Waals surface area contributed by atoms with E-state index in [9.17, 15) is 4.79 Å². The third-order valence-corrected chi connectivity index (χ3v) is 4.98. The molecule has 0 saturated heterocycles. The highest BCUT2D eigenvalue weighted by molar-refractivity contribution is 5.99. The number of aliphatic imine (C=N–C) groups is 1. The number of carbonyl (C=O) groups excluding carboxylic acids is 1. The molecule has 1 amide bonds. The van der Waals surface area contributed by atoms with Crippen molar-refractivity contribution in [2.75, 3.05) is 18.1 Å². The van der Waals surface area contributed by atoms with E-state index in [1.54, 1.807) is 19.3 Å². The van der Waals surface area contributed by atoms with Gasteiger partial charge in [0, 0.05) is 47.5 Å². The highest BCUT2D eigenvalue weighted by atomic mass is 16.1. The van der Waals surface area contributed by atoms with Crippen LogP contribution in [0.5, 0.6) is 0 Å². The molecule has 0 radical (unpaired) electrons. The fraction of sp³-hybridized carbons (Fsp3) is 0.125. The zero-order valence-electron chi connectivity index (χ0n) is 17.4. The second-order valence-electron chi connectivity index (χ2n) is 7.08. The molecule has 0 fully saturated rings. The maximum absolute atomic E-state index is 12.6. The van der Waals surface area contributed by atoms with Crippen molar-refractivity contribution in [1.82, 2.24) is 15.3 Å². The third kappa shape index (κ3) is 4.25. The molecule has 5 N–H and O–H groups in total. The topological polar surface area (TPSA) is 108 Å². The maximum Gasteiger partial charge on any atom is 0.251 e. The van der Waals surface area contributed by atoms with Gasteiger partial charge in [-0.25, -0.2) is 4.98 Å². The van der Waals surface area contributed by atoms with Gasteiger partial charge < -0.3 is 21.4 Å². The summed E-state index contributed by atoms with van der Waals surface area (Å²) in [6.45, 7) is 2.34. The van der Waals surface area contributed by atoms with Crippen LogP contribution in [0.3, 0.4) is 0 Å². The molecule has 0 spiro atoms. The van der Waals surface area contributed by atoms with Crippen LogP contribution in [-0.4, -0.2) is 29.1 Å². The summed E-state index contributed by atoms with van der Waals surface area (Å²) < 4.78 is 0. The van der Waals surface area contributed by atoms with E-state index in [1.807, 2.05) is 61.5 Å². The Kier molecular flexibility index (Phi) is 5.66. The highest BCUT2D eigenvalue weighted by Gasteiger charge is 2.15. The lowest BCUT2D eigenvalue weighted by Gasteiger charge is -2.10. The molecule has 31 heavy (non-hydrogen) atoms. The molecule has 7 heteroatoms. The van der Waals surface area contributed by atoms with Crippen molar-refractivity contribution >= 4 is 40.3 Å². The number of nitrogens with one attached hydrogen (secondary N) is 3. The van der Waals surface area contributed by atoms with Crippen LogP contribution in [0.25, 0.3) is 22.2 Å². The highest BCUT2D eigenvalue weighted by Crippen LogP contribution is 2.37. The molecule has 2 aromatic carbocycles. The van der Waals surface area contributed by atoms with Crippen molar-refractivity contribution < 1.29 is 4.79 Å². The van der Waals surface area contributed by atoms with E-state index in [1.165, 1.54) is 0 Å². The molecule has 0 aliphatic rings. The molecule has 7 nitrogen and oxygen atoms in total. The number of nitrogen functional groups attached to an aromatic ring is 1.